The number of ether oxygens (including phenoxy) is 1. The number of nitrogens with one attached hydrogen (secondary N) is 1. The Morgan fingerprint density at radius 1 is 1.65 bits per heavy atom. The van der Waals surface area contributed by atoms with E-state index >= 15 is 0 Å². The maximum atomic E-state index is 13.3. The number of rotatable bonds is 5. The summed E-state index contributed by atoms with van der Waals surface area (Å²) in [4.78, 5) is 11.2. The van der Waals surface area contributed by atoms with Crippen LogP contribution in [0.25, 0.3) is 0 Å². The van der Waals surface area contributed by atoms with Crippen molar-refractivity contribution in [2.24, 2.45) is 5.73 Å². The van der Waals surface area contributed by atoms with Gasteiger partial charge in [-0.25, -0.2) is 4.39 Å². The number of amides is 1. The molecular weight excluding hydrogens is 227 g/mol. The molecule has 5 nitrogen and oxygen atoms in total. The fourth-order valence-electron chi connectivity index (χ4n) is 1.22. The third-order valence-corrected chi connectivity index (χ3v) is 2.22. The zero-order chi connectivity index (χ0) is 12.8. The topological polar surface area (TPSA) is 84.6 Å². The Morgan fingerprint density at radius 2 is 2.35 bits per heavy atom. The standard InChI is InChI=1S/C11H15FN2O3/c1-17-10-3-2-7(4-8(10)12)5-14-11(16)9(13)6-15/h2-4,9,15H,5-6,13H2,1H3,(H,14,16). The van der Waals surface area contributed by atoms with Crippen LogP contribution in [0.5, 0.6) is 5.75 Å². The maximum Gasteiger partial charge on any atom is 0.239 e. The van der Waals surface area contributed by atoms with Gasteiger partial charge in [-0.05, 0) is 17.7 Å². The molecule has 1 aromatic rings. The minimum atomic E-state index is -0.960. The second kappa shape index (κ2) is 6.17. The number of aliphatic hydroxyl groups excluding tert-OH is 1. The molecule has 0 aliphatic rings. The third kappa shape index (κ3) is 3.69. The van der Waals surface area contributed by atoms with Gasteiger partial charge >= 0.3 is 0 Å². The summed E-state index contributed by atoms with van der Waals surface area (Å²) in [6.45, 7) is -0.281. The van der Waals surface area contributed by atoms with Gasteiger partial charge in [-0.15, -0.1) is 0 Å². The van der Waals surface area contributed by atoms with Crippen molar-refractivity contribution in [1.82, 2.24) is 5.32 Å². The van der Waals surface area contributed by atoms with Gasteiger partial charge in [0.2, 0.25) is 5.91 Å². The van der Waals surface area contributed by atoms with Crippen LogP contribution in [0.4, 0.5) is 4.39 Å². The SMILES string of the molecule is COc1ccc(CNC(=O)C(N)CO)cc1F. The van der Waals surface area contributed by atoms with E-state index in [9.17, 15) is 9.18 Å². The highest BCUT2D eigenvalue weighted by molar-refractivity contribution is 5.81. The number of hydrogen-bond acceptors (Lipinski definition) is 4. The summed E-state index contributed by atoms with van der Waals surface area (Å²) in [5.41, 5.74) is 5.89. The quantitative estimate of drug-likeness (QED) is 0.666. The highest BCUT2D eigenvalue weighted by Crippen LogP contribution is 2.17. The number of benzene rings is 1. The predicted octanol–water partition coefficient (Wildman–Crippen LogP) is -0.230. The summed E-state index contributed by atoms with van der Waals surface area (Å²) in [6.07, 6.45) is 0. The molecule has 0 fully saturated rings. The first-order valence-corrected chi connectivity index (χ1v) is 5.05. The molecule has 1 unspecified atom stereocenters. The average molecular weight is 242 g/mol. The van der Waals surface area contributed by atoms with E-state index in [1.165, 1.54) is 19.2 Å². The van der Waals surface area contributed by atoms with Gasteiger partial charge < -0.3 is 20.9 Å². The van der Waals surface area contributed by atoms with Gasteiger partial charge in [0.05, 0.1) is 13.7 Å². The Morgan fingerprint density at radius 3 is 2.88 bits per heavy atom. The Balaban J connectivity index is 2.58. The van der Waals surface area contributed by atoms with Crippen molar-refractivity contribution in [3.8, 4) is 5.75 Å². The van der Waals surface area contributed by atoms with Crippen LogP contribution in [0.1, 0.15) is 5.56 Å². The molecule has 0 aliphatic heterocycles. The minimum Gasteiger partial charge on any atom is -0.494 e. The van der Waals surface area contributed by atoms with E-state index in [-0.39, 0.29) is 12.3 Å². The van der Waals surface area contributed by atoms with Crippen LogP contribution in [-0.2, 0) is 11.3 Å². The van der Waals surface area contributed by atoms with E-state index in [1.54, 1.807) is 6.07 Å². The smallest absolute Gasteiger partial charge is 0.239 e. The molecule has 1 aromatic carbocycles. The van der Waals surface area contributed by atoms with E-state index in [2.05, 4.69) is 5.32 Å². The molecule has 0 spiro atoms. The Hall–Kier alpha value is -1.66. The molecule has 4 N–H and O–H groups in total. The van der Waals surface area contributed by atoms with Gasteiger partial charge in [-0.3, -0.25) is 4.79 Å². The zero-order valence-electron chi connectivity index (χ0n) is 9.44. The fraction of sp³-hybridized carbons (Fsp3) is 0.364. The van der Waals surface area contributed by atoms with Gasteiger partial charge in [-0.1, -0.05) is 6.07 Å². The zero-order valence-corrected chi connectivity index (χ0v) is 9.44. The van der Waals surface area contributed by atoms with Crippen LogP contribution in [0.2, 0.25) is 0 Å². The van der Waals surface area contributed by atoms with Gasteiger partial charge in [0.1, 0.15) is 6.04 Å². The van der Waals surface area contributed by atoms with Gasteiger partial charge in [0, 0.05) is 6.54 Å². The largest absolute Gasteiger partial charge is 0.494 e. The molecule has 6 heteroatoms. The molecule has 0 radical (unpaired) electrons. The van der Waals surface area contributed by atoms with Crippen LogP contribution in [0, 0.1) is 5.82 Å². The highest BCUT2D eigenvalue weighted by atomic mass is 19.1. The summed E-state index contributed by atoms with van der Waals surface area (Å²) in [7, 11) is 1.38. The van der Waals surface area contributed by atoms with Crippen molar-refractivity contribution in [1.29, 1.82) is 0 Å². The van der Waals surface area contributed by atoms with Gasteiger partial charge in [0.15, 0.2) is 11.6 Å². The van der Waals surface area contributed by atoms with Crippen molar-refractivity contribution in [2.75, 3.05) is 13.7 Å². The summed E-state index contributed by atoms with van der Waals surface area (Å²) in [6, 6.07) is 3.41. The number of carbonyl (C=O) groups is 1. The van der Waals surface area contributed by atoms with E-state index in [0.29, 0.717) is 5.56 Å². The molecular formula is C11H15FN2O3. The lowest BCUT2D eigenvalue weighted by atomic mass is 10.2. The molecule has 1 atom stereocenters. The minimum absolute atomic E-state index is 0.145. The molecule has 0 heterocycles. The van der Waals surface area contributed by atoms with Crippen LogP contribution < -0.4 is 15.8 Å². The normalized spacial score (nSPS) is 12.0. The first-order chi connectivity index (χ1) is 8.08. The predicted molar refractivity (Wildman–Crippen MR) is 59.9 cm³/mol. The van der Waals surface area contributed by atoms with Crippen LogP contribution in [0.15, 0.2) is 18.2 Å². The Labute approximate surface area is 98.4 Å². The van der Waals surface area contributed by atoms with Gasteiger partial charge in [-0.2, -0.15) is 0 Å². The lowest BCUT2D eigenvalue weighted by Gasteiger charge is -2.10. The molecule has 0 saturated carbocycles. The summed E-state index contributed by atoms with van der Waals surface area (Å²) < 4.78 is 18.1. The number of aliphatic hydroxyl groups is 1. The van der Waals surface area contributed by atoms with E-state index in [0.717, 1.165) is 0 Å². The lowest BCUT2D eigenvalue weighted by Crippen LogP contribution is -2.42. The van der Waals surface area contributed by atoms with Gasteiger partial charge in [0.25, 0.3) is 0 Å². The monoisotopic (exact) mass is 242 g/mol. The van der Waals surface area contributed by atoms with E-state index in [4.69, 9.17) is 15.6 Å². The van der Waals surface area contributed by atoms with Crippen molar-refractivity contribution >= 4 is 5.91 Å². The van der Waals surface area contributed by atoms with Crippen molar-refractivity contribution < 1.29 is 19.0 Å². The lowest BCUT2D eigenvalue weighted by molar-refractivity contribution is -0.123. The number of methoxy groups -OCH3 is 1. The summed E-state index contributed by atoms with van der Waals surface area (Å²) in [5.74, 6) is -0.832. The molecule has 0 bridgehead atoms. The summed E-state index contributed by atoms with van der Waals surface area (Å²) in [5, 5.41) is 11.1. The molecule has 1 amide bonds. The fourth-order valence-corrected chi connectivity index (χ4v) is 1.22. The molecule has 1 rings (SSSR count). The van der Waals surface area contributed by atoms with Crippen LogP contribution >= 0.6 is 0 Å². The van der Waals surface area contributed by atoms with E-state index < -0.39 is 24.4 Å². The first-order valence-electron chi connectivity index (χ1n) is 5.05. The molecule has 17 heavy (non-hydrogen) atoms. The second-order valence-corrected chi connectivity index (χ2v) is 3.48. The summed E-state index contributed by atoms with van der Waals surface area (Å²) >= 11 is 0. The number of carbonyl (C=O) groups excluding carboxylic acids is 1. The molecule has 0 saturated heterocycles. The third-order valence-electron chi connectivity index (χ3n) is 2.22. The number of hydrogen-bond donors (Lipinski definition) is 3. The van der Waals surface area contributed by atoms with Crippen molar-refractivity contribution in [2.45, 2.75) is 12.6 Å². The Kier molecular flexibility index (Phi) is 4.86. The number of nitrogens with two attached hydrogens (primary N) is 1. The van der Waals surface area contributed by atoms with E-state index in [1.807, 2.05) is 0 Å². The average Bonchev–Trinajstić information content (AvgIpc) is 2.35. The molecule has 0 aliphatic carbocycles. The first kappa shape index (κ1) is 13.4. The van der Waals surface area contributed by atoms with Crippen molar-refractivity contribution in [3.05, 3.63) is 29.6 Å². The van der Waals surface area contributed by atoms with Crippen LogP contribution in [0.3, 0.4) is 0 Å². The van der Waals surface area contributed by atoms with Crippen LogP contribution in [-0.4, -0.2) is 30.8 Å². The maximum absolute atomic E-state index is 13.3. The highest BCUT2D eigenvalue weighted by Gasteiger charge is 2.11. The molecule has 0 aromatic heterocycles. The second-order valence-electron chi connectivity index (χ2n) is 3.48. The number of halogens is 1. The molecule has 94 valence electrons. The van der Waals surface area contributed by atoms with Crippen molar-refractivity contribution in [3.63, 3.8) is 0 Å². The Bertz CT molecular complexity index is 398.